The lowest BCUT2D eigenvalue weighted by Gasteiger charge is -2.28. The average Bonchev–Trinajstić information content (AvgIpc) is 3.68. The van der Waals surface area contributed by atoms with Crippen LogP contribution in [0.5, 0.6) is 5.75 Å². The van der Waals surface area contributed by atoms with Crippen LogP contribution in [0.2, 0.25) is 0 Å². The molecule has 0 saturated carbocycles. The molecule has 0 saturated heterocycles. The maximum atomic E-state index is 14.1. The molecule has 1 unspecified atom stereocenters. The summed E-state index contributed by atoms with van der Waals surface area (Å²) in [5, 5.41) is 33.6. The van der Waals surface area contributed by atoms with Crippen LogP contribution >= 0.6 is 15.9 Å². The number of aromatic nitrogens is 3. The van der Waals surface area contributed by atoms with Crippen molar-refractivity contribution in [3.8, 4) is 5.75 Å². The Morgan fingerprint density at radius 3 is 2.56 bits per heavy atom. The van der Waals surface area contributed by atoms with Gasteiger partial charge in [-0.05, 0) is 72.1 Å². The number of rotatable bonds is 13. The molecule has 2 heterocycles. The molecule has 0 bridgehead atoms. The van der Waals surface area contributed by atoms with Gasteiger partial charge in [0, 0.05) is 39.9 Å². The van der Waals surface area contributed by atoms with E-state index in [2.05, 4.69) is 31.6 Å². The Balaban J connectivity index is 1.13. The molecule has 0 aliphatic carbocycles. The van der Waals surface area contributed by atoms with E-state index in [4.69, 9.17) is 4.74 Å². The maximum absolute atomic E-state index is 14.1. The number of benzene rings is 4. The number of fused-ring (bicyclic) bond motifs is 1. The van der Waals surface area contributed by atoms with E-state index in [0.29, 0.717) is 46.9 Å². The average molecular weight is 737 g/mol. The summed E-state index contributed by atoms with van der Waals surface area (Å²) < 4.78 is 7.66. The largest absolute Gasteiger partial charge is 0.497 e. The highest BCUT2D eigenvalue weighted by atomic mass is 79.9. The molecule has 4 aromatic carbocycles. The minimum absolute atomic E-state index is 0.0755. The summed E-state index contributed by atoms with van der Waals surface area (Å²) in [4.78, 5) is 28.6. The van der Waals surface area contributed by atoms with Crippen LogP contribution in [-0.2, 0) is 23.5 Å². The molecule has 11 heteroatoms. The van der Waals surface area contributed by atoms with E-state index in [9.17, 15) is 19.8 Å². The standard InChI is InChI=1S/C39H38BrN5O5/c1-26(9-6-7-20-44-24-35(42-43-44)33(25-46)28-11-4-3-5-12-28)39(49)34-22-30(40)16-19-36(34)45(38(39)48)23-27-10-8-13-31(21-27)41-37(47)29-14-17-32(50-2)18-15-29/h3-6,8-19,21-22,24,26,33,46,49H,7,20,23,25H2,1-2H3,(H,41,47)/b9-6+/t26-,33?,39+/m0/s1. The molecule has 0 spiro atoms. The van der Waals surface area contributed by atoms with E-state index in [1.807, 2.05) is 85.9 Å². The Morgan fingerprint density at radius 2 is 1.82 bits per heavy atom. The number of nitrogens with zero attached hydrogens (tertiary/aromatic N) is 4. The maximum Gasteiger partial charge on any atom is 0.264 e. The fraction of sp³-hybridized carbons (Fsp3) is 0.231. The lowest BCUT2D eigenvalue weighted by atomic mass is 9.83. The van der Waals surface area contributed by atoms with Crippen LogP contribution in [-0.4, -0.2) is 50.7 Å². The van der Waals surface area contributed by atoms with Crippen molar-refractivity contribution >= 4 is 39.1 Å². The highest BCUT2D eigenvalue weighted by Crippen LogP contribution is 2.46. The molecule has 1 aliphatic heterocycles. The Kier molecular flexibility index (Phi) is 10.6. The highest BCUT2D eigenvalue weighted by molar-refractivity contribution is 9.10. The van der Waals surface area contributed by atoms with Gasteiger partial charge in [-0.2, -0.15) is 0 Å². The fourth-order valence-corrected chi connectivity index (χ4v) is 6.60. The van der Waals surface area contributed by atoms with Crippen molar-refractivity contribution in [3.63, 3.8) is 0 Å². The van der Waals surface area contributed by atoms with E-state index in [1.165, 1.54) is 0 Å². The zero-order valence-corrected chi connectivity index (χ0v) is 29.3. The normalized spacial score (nSPS) is 16.7. The van der Waals surface area contributed by atoms with Gasteiger partial charge in [0.15, 0.2) is 5.60 Å². The summed E-state index contributed by atoms with van der Waals surface area (Å²) in [6.07, 6.45) is 6.23. The van der Waals surface area contributed by atoms with Gasteiger partial charge < -0.3 is 25.2 Å². The van der Waals surface area contributed by atoms with Crippen molar-refractivity contribution < 1.29 is 24.5 Å². The number of nitrogens with one attached hydrogen (secondary N) is 1. The van der Waals surface area contributed by atoms with E-state index in [-0.39, 0.29) is 25.0 Å². The quantitative estimate of drug-likeness (QED) is 0.119. The number of aliphatic hydroxyl groups is 2. The summed E-state index contributed by atoms with van der Waals surface area (Å²) in [5.41, 5.74) is 2.88. The first-order valence-electron chi connectivity index (χ1n) is 16.3. The summed E-state index contributed by atoms with van der Waals surface area (Å²) in [6.45, 7) is 2.49. The molecule has 1 aliphatic rings. The van der Waals surface area contributed by atoms with Crippen molar-refractivity contribution in [1.82, 2.24) is 15.0 Å². The molecule has 6 rings (SSSR count). The highest BCUT2D eigenvalue weighted by Gasteiger charge is 2.52. The van der Waals surface area contributed by atoms with Crippen LogP contribution in [0.15, 0.2) is 120 Å². The smallest absolute Gasteiger partial charge is 0.264 e. The first-order valence-corrected chi connectivity index (χ1v) is 17.1. The number of carbonyl (C=O) groups is 2. The third-order valence-corrected chi connectivity index (χ3v) is 9.51. The molecule has 0 radical (unpaired) electrons. The first kappa shape index (κ1) is 34.8. The minimum atomic E-state index is -1.79. The van der Waals surface area contributed by atoms with Gasteiger partial charge in [0.1, 0.15) is 5.75 Å². The Bertz CT molecular complexity index is 2000. The van der Waals surface area contributed by atoms with Gasteiger partial charge in [-0.3, -0.25) is 14.3 Å². The zero-order valence-electron chi connectivity index (χ0n) is 27.7. The zero-order chi connectivity index (χ0) is 35.3. The number of aryl methyl sites for hydroxylation is 1. The molecular weight excluding hydrogens is 698 g/mol. The monoisotopic (exact) mass is 735 g/mol. The van der Waals surface area contributed by atoms with E-state index in [0.717, 1.165) is 15.6 Å². The van der Waals surface area contributed by atoms with Crippen LogP contribution in [0.25, 0.3) is 0 Å². The molecule has 256 valence electrons. The molecule has 1 aromatic heterocycles. The van der Waals surface area contributed by atoms with E-state index in [1.54, 1.807) is 53.1 Å². The van der Waals surface area contributed by atoms with Gasteiger partial charge in [0.25, 0.3) is 11.8 Å². The summed E-state index contributed by atoms with van der Waals surface area (Å²) in [7, 11) is 1.57. The topological polar surface area (TPSA) is 130 Å². The minimum Gasteiger partial charge on any atom is -0.497 e. The first-order chi connectivity index (χ1) is 24.2. The number of amides is 2. The second kappa shape index (κ2) is 15.2. The van der Waals surface area contributed by atoms with Crippen LogP contribution in [0.4, 0.5) is 11.4 Å². The van der Waals surface area contributed by atoms with Gasteiger partial charge in [-0.15, -0.1) is 5.10 Å². The molecule has 10 nitrogen and oxygen atoms in total. The van der Waals surface area contributed by atoms with E-state index >= 15 is 0 Å². The van der Waals surface area contributed by atoms with Crippen molar-refractivity contribution in [3.05, 3.63) is 148 Å². The third-order valence-electron chi connectivity index (χ3n) is 9.02. The van der Waals surface area contributed by atoms with Crippen LogP contribution in [0.3, 0.4) is 0 Å². The lowest BCUT2D eigenvalue weighted by molar-refractivity contribution is -0.139. The summed E-state index contributed by atoms with van der Waals surface area (Å²) >= 11 is 3.52. The number of aliphatic hydroxyl groups excluding tert-OH is 1. The summed E-state index contributed by atoms with van der Waals surface area (Å²) in [6, 6.07) is 29.3. The Labute approximate surface area is 299 Å². The van der Waals surface area contributed by atoms with Crippen molar-refractivity contribution in [2.24, 2.45) is 5.92 Å². The second-order valence-electron chi connectivity index (χ2n) is 12.3. The molecule has 50 heavy (non-hydrogen) atoms. The molecule has 3 atom stereocenters. The molecule has 0 fully saturated rings. The number of methoxy groups -OCH3 is 1. The van der Waals surface area contributed by atoms with Gasteiger partial charge in [-0.1, -0.05) is 82.7 Å². The number of carbonyl (C=O) groups excluding carboxylic acids is 2. The number of allylic oxidation sites excluding steroid dienone is 1. The number of anilines is 2. The Hall–Kier alpha value is -5.10. The lowest BCUT2D eigenvalue weighted by Crippen LogP contribution is -2.44. The SMILES string of the molecule is COc1ccc(C(=O)Nc2cccc(CN3C(=O)[C@@](O)([C@@H](C)/C=C/CCn4cc(C(CO)c5ccccc5)nn4)c4cc(Br)ccc43)c2)cc1. The number of halogens is 1. The Morgan fingerprint density at radius 1 is 1.04 bits per heavy atom. The van der Waals surface area contributed by atoms with Crippen molar-refractivity contribution in [2.45, 2.75) is 38.0 Å². The van der Waals surface area contributed by atoms with Crippen LogP contribution in [0, 0.1) is 5.92 Å². The number of ether oxygens (including phenoxy) is 1. The number of hydrogen-bond acceptors (Lipinski definition) is 7. The predicted molar refractivity (Wildman–Crippen MR) is 195 cm³/mol. The van der Waals surface area contributed by atoms with E-state index < -0.39 is 17.4 Å². The number of hydrogen-bond donors (Lipinski definition) is 3. The van der Waals surface area contributed by atoms with Gasteiger partial charge in [0.05, 0.1) is 37.6 Å². The van der Waals surface area contributed by atoms with Gasteiger partial charge in [-0.25, -0.2) is 0 Å². The van der Waals surface area contributed by atoms with Crippen molar-refractivity contribution in [1.29, 1.82) is 0 Å². The fourth-order valence-electron chi connectivity index (χ4n) is 6.24. The molecule has 5 aromatic rings. The molecular formula is C39H38BrN5O5. The third kappa shape index (κ3) is 7.25. The van der Waals surface area contributed by atoms with Gasteiger partial charge >= 0.3 is 0 Å². The van der Waals surface area contributed by atoms with Crippen LogP contribution < -0.4 is 15.0 Å². The van der Waals surface area contributed by atoms with Crippen LogP contribution in [0.1, 0.15) is 52.0 Å². The molecule has 3 N–H and O–H groups in total. The van der Waals surface area contributed by atoms with Gasteiger partial charge in [0.2, 0.25) is 0 Å². The second-order valence-corrected chi connectivity index (χ2v) is 13.2. The summed E-state index contributed by atoms with van der Waals surface area (Å²) in [5.74, 6) is -0.837. The molecule has 2 amide bonds. The predicted octanol–water partition coefficient (Wildman–Crippen LogP) is 6.44. The van der Waals surface area contributed by atoms with Crippen molar-refractivity contribution in [2.75, 3.05) is 23.9 Å².